The van der Waals surface area contributed by atoms with Crippen LogP contribution >= 0.6 is 0 Å². The summed E-state index contributed by atoms with van der Waals surface area (Å²) in [4.78, 5) is 25.6. The van der Waals surface area contributed by atoms with Crippen molar-refractivity contribution in [2.24, 2.45) is 0 Å². The number of rotatable bonds is 7. The van der Waals surface area contributed by atoms with E-state index in [1.165, 1.54) is 30.3 Å². The van der Waals surface area contributed by atoms with Crippen molar-refractivity contribution >= 4 is 17.9 Å². The Balaban J connectivity index is 2.15. The van der Waals surface area contributed by atoms with Crippen LogP contribution in [-0.4, -0.2) is 51.8 Å². The third kappa shape index (κ3) is 7.47. The number of alkyl halides is 3. The van der Waals surface area contributed by atoms with E-state index in [1.807, 2.05) is 0 Å². The first-order chi connectivity index (χ1) is 14.0. The lowest BCUT2D eigenvalue weighted by atomic mass is 10.2. The molecule has 2 rings (SSSR count). The van der Waals surface area contributed by atoms with Crippen LogP contribution in [0.4, 0.5) is 29.7 Å². The molecule has 2 heterocycles. The number of ether oxygens (including phenoxy) is 2. The predicted octanol–water partition coefficient (Wildman–Crippen LogP) is 4.02. The summed E-state index contributed by atoms with van der Waals surface area (Å²) in [5.74, 6) is 0.000520. The second-order valence-electron chi connectivity index (χ2n) is 7.30. The number of nitrogens with zero attached hydrogens (tertiary/aromatic N) is 4. The Morgan fingerprint density at radius 3 is 2.53 bits per heavy atom. The fourth-order valence-electron chi connectivity index (χ4n) is 2.28. The molecule has 11 heteroatoms. The molecule has 0 spiro atoms. The number of hydrogen-bond donors (Lipinski definition) is 1. The van der Waals surface area contributed by atoms with Crippen LogP contribution in [0, 0.1) is 0 Å². The van der Waals surface area contributed by atoms with Gasteiger partial charge in [0.1, 0.15) is 17.1 Å². The Labute approximate surface area is 172 Å². The van der Waals surface area contributed by atoms with Gasteiger partial charge in [0, 0.05) is 19.9 Å². The molecular formula is C19H24F3N5O3. The smallest absolute Gasteiger partial charge is 0.433 e. The van der Waals surface area contributed by atoms with E-state index in [9.17, 15) is 18.0 Å². The maximum atomic E-state index is 12.8. The minimum Gasteiger partial charge on any atom is -0.444 e. The highest BCUT2D eigenvalue weighted by Gasteiger charge is 2.32. The average Bonchev–Trinajstić information content (AvgIpc) is 2.63. The van der Waals surface area contributed by atoms with Crippen LogP contribution in [0.25, 0.3) is 0 Å². The Bertz CT molecular complexity index is 856. The second kappa shape index (κ2) is 9.70. The number of hydrogen-bond acceptors (Lipinski definition) is 7. The zero-order valence-electron chi connectivity index (χ0n) is 17.2. The molecule has 0 aromatic carbocycles. The number of aromatic nitrogens is 3. The van der Waals surface area contributed by atoms with Crippen LogP contribution in [0.1, 0.15) is 32.2 Å². The Kier molecular flexibility index (Phi) is 7.54. The minimum atomic E-state index is -4.56. The number of pyridine rings is 1. The predicted molar refractivity (Wildman–Crippen MR) is 103 cm³/mol. The van der Waals surface area contributed by atoms with Crippen molar-refractivity contribution in [3.63, 3.8) is 0 Å². The zero-order chi connectivity index (χ0) is 22.4. The van der Waals surface area contributed by atoms with Crippen LogP contribution in [0.3, 0.4) is 0 Å². The van der Waals surface area contributed by atoms with Gasteiger partial charge in [0.15, 0.2) is 0 Å². The highest BCUT2D eigenvalue weighted by molar-refractivity contribution is 5.68. The highest BCUT2D eigenvalue weighted by atomic mass is 19.4. The minimum absolute atomic E-state index is 0.0506. The van der Waals surface area contributed by atoms with E-state index < -0.39 is 23.6 Å². The fraction of sp³-hybridized carbons (Fsp3) is 0.474. The molecular weight excluding hydrogens is 403 g/mol. The van der Waals surface area contributed by atoms with Crippen molar-refractivity contribution in [2.75, 3.05) is 25.6 Å². The summed E-state index contributed by atoms with van der Waals surface area (Å²) in [7, 11) is 1.52. The summed E-state index contributed by atoms with van der Waals surface area (Å²) in [6.07, 6.45) is -3.66. The van der Waals surface area contributed by atoms with Crippen LogP contribution in [0.15, 0.2) is 30.5 Å². The van der Waals surface area contributed by atoms with Gasteiger partial charge in [-0.2, -0.15) is 13.2 Å². The van der Waals surface area contributed by atoms with Crippen molar-refractivity contribution in [1.82, 2.24) is 19.9 Å². The Hall–Kier alpha value is -2.95. The van der Waals surface area contributed by atoms with Gasteiger partial charge < -0.3 is 14.8 Å². The molecule has 2 aromatic rings. The van der Waals surface area contributed by atoms with E-state index >= 15 is 0 Å². The summed E-state index contributed by atoms with van der Waals surface area (Å²) in [6.45, 7) is 5.94. The Morgan fingerprint density at radius 1 is 1.17 bits per heavy atom. The van der Waals surface area contributed by atoms with Crippen molar-refractivity contribution in [1.29, 1.82) is 0 Å². The van der Waals surface area contributed by atoms with Gasteiger partial charge in [0.25, 0.3) is 0 Å². The third-order valence-corrected chi connectivity index (χ3v) is 3.56. The number of nitrogens with one attached hydrogen (secondary N) is 1. The maximum Gasteiger partial charge on any atom is 0.433 e. The number of amides is 1. The van der Waals surface area contributed by atoms with Gasteiger partial charge in [0.2, 0.25) is 5.95 Å². The van der Waals surface area contributed by atoms with Gasteiger partial charge in [-0.1, -0.05) is 6.07 Å². The van der Waals surface area contributed by atoms with Gasteiger partial charge in [-0.15, -0.1) is 0 Å². The van der Waals surface area contributed by atoms with Gasteiger partial charge >= 0.3 is 12.3 Å². The van der Waals surface area contributed by atoms with Crippen molar-refractivity contribution in [3.8, 4) is 0 Å². The third-order valence-electron chi connectivity index (χ3n) is 3.56. The first kappa shape index (κ1) is 23.3. The molecule has 0 atom stereocenters. The van der Waals surface area contributed by atoms with E-state index in [1.54, 1.807) is 26.8 Å². The fourth-order valence-corrected chi connectivity index (χ4v) is 2.28. The summed E-state index contributed by atoms with van der Waals surface area (Å²) < 4.78 is 48.9. The molecule has 0 saturated heterocycles. The molecule has 0 radical (unpaired) electrons. The summed E-state index contributed by atoms with van der Waals surface area (Å²) in [6, 6.07) is 5.07. The van der Waals surface area contributed by atoms with E-state index in [2.05, 4.69) is 20.3 Å². The molecule has 164 valence electrons. The summed E-state index contributed by atoms with van der Waals surface area (Å²) >= 11 is 0. The average molecular weight is 427 g/mol. The lowest BCUT2D eigenvalue weighted by Gasteiger charge is -2.27. The van der Waals surface area contributed by atoms with Crippen molar-refractivity contribution in [2.45, 2.75) is 39.1 Å². The van der Waals surface area contributed by atoms with Crippen molar-refractivity contribution < 1.29 is 27.4 Å². The standard InChI is InChI=1S/C19H24F3N5O3/c1-18(2,3)30-17(28)27(10-11-29-4)12-13-8-9-23-16(24-13)26-15-7-5-6-14(25-15)19(20,21)22/h5-9H,10-12H2,1-4H3,(H,23,24,25,26). The van der Waals surface area contributed by atoms with Crippen LogP contribution in [0.2, 0.25) is 0 Å². The molecule has 0 bridgehead atoms. The molecule has 0 fully saturated rings. The lowest BCUT2D eigenvalue weighted by Crippen LogP contribution is -2.38. The highest BCUT2D eigenvalue weighted by Crippen LogP contribution is 2.28. The van der Waals surface area contributed by atoms with Crippen molar-refractivity contribution in [3.05, 3.63) is 41.9 Å². The SMILES string of the molecule is COCCN(Cc1ccnc(Nc2cccc(C(F)(F)F)n2)n1)C(=O)OC(C)(C)C. The van der Waals surface area contributed by atoms with Crippen LogP contribution < -0.4 is 5.32 Å². The first-order valence-electron chi connectivity index (χ1n) is 9.08. The van der Waals surface area contributed by atoms with Crippen LogP contribution in [-0.2, 0) is 22.2 Å². The van der Waals surface area contributed by atoms with Crippen LogP contribution in [0.5, 0.6) is 0 Å². The summed E-state index contributed by atoms with van der Waals surface area (Å²) in [5.41, 5.74) is -1.24. The topological polar surface area (TPSA) is 89.5 Å². The number of carbonyl (C=O) groups excluding carboxylic acids is 1. The summed E-state index contributed by atoms with van der Waals surface area (Å²) in [5, 5.41) is 2.65. The van der Waals surface area contributed by atoms with E-state index in [-0.39, 0.29) is 24.9 Å². The number of methoxy groups -OCH3 is 1. The number of anilines is 2. The number of halogens is 3. The maximum absolute atomic E-state index is 12.8. The first-order valence-corrected chi connectivity index (χ1v) is 9.08. The molecule has 0 aliphatic heterocycles. The van der Waals surface area contributed by atoms with Gasteiger partial charge in [0.05, 0.1) is 18.8 Å². The van der Waals surface area contributed by atoms with E-state index in [0.29, 0.717) is 12.3 Å². The van der Waals surface area contributed by atoms with E-state index in [0.717, 1.165) is 6.07 Å². The molecule has 0 saturated carbocycles. The Morgan fingerprint density at radius 2 is 1.90 bits per heavy atom. The normalized spacial score (nSPS) is 11.8. The monoisotopic (exact) mass is 427 g/mol. The quantitative estimate of drug-likeness (QED) is 0.714. The van der Waals surface area contributed by atoms with Gasteiger partial charge in [-0.25, -0.2) is 19.7 Å². The second-order valence-corrected chi connectivity index (χ2v) is 7.30. The molecule has 8 nitrogen and oxygen atoms in total. The largest absolute Gasteiger partial charge is 0.444 e. The molecule has 1 amide bonds. The lowest BCUT2D eigenvalue weighted by molar-refractivity contribution is -0.141. The molecule has 1 N–H and O–H groups in total. The molecule has 0 aliphatic carbocycles. The number of carbonyl (C=O) groups is 1. The van der Waals surface area contributed by atoms with E-state index in [4.69, 9.17) is 9.47 Å². The molecule has 0 unspecified atom stereocenters. The zero-order valence-corrected chi connectivity index (χ0v) is 17.2. The van der Waals surface area contributed by atoms with Gasteiger partial charge in [-0.3, -0.25) is 4.90 Å². The van der Waals surface area contributed by atoms with Gasteiger partial charge in [-0.05, 0) is 39.0 Å². The molecule has 30 heavy (non-hydrogen) atoms. The molecule has 2 aromatic heterocycles. The molecule has 0 aliphatic rings.